The molecule has 0 heterocycles. The highest BCUT2D eigenvalue weighted by Crippen LogP contribution is 2.18. The summed E-state index contributed by atoms with van der Waals surface area (Å²) in [5, 5.41) is 1.75. The lowest BCUT2D eigenvalue weighted by Crippen LogP contribution is -2.23. The van der Waals surface area contributed by atoms with E-state index in [1.165, 1.54) is 25.7 Å². The van der Waals surface area contributed by atoms with Crippen LogP contribution in [0, 0.1) is 0 Å². The fourth-order valence-corrected chi connectivity index (χ4v) is 3.28. The fraction of sp³-hybridized carbons (Fsp3) is 0.818. The Bertz CT molecular complexity index is 140. The van der Waals surface area contributed by atoms with Gasteiger partial charge >= 0.3 is 0 Å². The van der Waals surface area contributed by atoms with E-state index in [4.69, 9.17) is 0 Å². The zero-order valence-electron chi connectivity index (χ0n) is 9.41. The van der Waals surface area contributed by atoms with Crippen LogP contribution >= 0.6 is 0 Å². The van der Waals surface area contributed by atoms with Gasteiger partial charge in [0.2, 0.25) is 0 Å². The maximum atomic E-state index is 2.50. The molecule has 0 aliphatic carbocycles. The monoisotopic (exact) mass is 184 g/mol. The molecule has 0 nitrogen and oxygen atoms in total. The summed E-state index contributed by atoms with van der Waals surface area (Å²) in [5.41, 5.74) is 0. The van der Waals surface area contributed by atoms with Gasteiger partial charge in [-0.3, -0.25) is 0 Å². The van der Waals surface area contributed by atoms with Crippen molar-refractivity contribution in [3.8, 4) is 0 Å². The van der Waals surface area contributed by atoms with Crippen LogP contribution in [0.4, 0.5) is 0 Å². The molecule has 0 aromatic carbocycles. The van der Waals surface area contributed by atoms with Crippen molar-refractivity contribution in [2.45, 2.75) is 59.2 Å². The highest BCUT2D eigenvalue weighted by atomic mass is 28.3. The Morgan fingerprint density at radius 1 is 1.17 bits per heavy atom. The molecule has 0 unspecified atom stereocenters. The van der Waals surface area contributed by atoms with Crippen LogP contribution in [-0.4, -0.2) is 8.07 Å². The van der Waals surface area contributed by atoms with Gasteiger partial charge < -0.3 is 0 Å². The van der Waals surface area contributed by atoms with Crippen LogP contribution in [0.2, 0.25) is 19.6 Å². The summed E-state index contributed by atoms with van der Waals surface area (Å²) in [5.74, 6) is 0. The van der Waals surface area contributed by atoms with E-state index < -0.39 is 8.07 Å². The predicted octanol–water partition coefficient (Wildman–Crippen LogP) is 4.39. The summed E-state index contributed by atoms with van der Waals surface area (Å²) in [6.45, 7) is 11.9. The molecule has 0 aliphatic rings. The van der Waals surface area contributed by atoms with Crippen LogP contribution in [0.3, 0.4) is 0 Å². The first-order chi connectivity index (χ1) is 5.52. The van der Waals surface area contributed by atoms with Crippen LogP contribution < -0.4 is 0 Å². The Kier molecular flexibility index (Phi) is 5.56. The van der Waals surface area contributed by atoms with Crippen molar-refractivity contribution < 1.29 is 0 Å². The first-order valence-electron chi connectivity index (χ1n) is 5.21. The summed E-state index contributed by atoms with van der Waals surface area (Å²) in [7, 11) is -0.976. The maximum absolute atomic E-state index is 2.50. The number of hydrogen-bond donors (Lipinski definition) is 0. The van der Waals surface area contributed by atoms with Crippen LogP contribution in [0.1, 0.15) is 39.5 Å². The SMILES string of the molecule is CCCC/C=C(\CC)[Si](C)(C)C. The van der Waals surface area contributed by atoms with Gasteiger partial charge in [0.25, 0.3) is 0 Å². The van der Waals surface area contributed by atoms with Crippen molar-refractivity contribution in [1.29, 1.82) is 0 Å². The zero-order valence-corrected chi connectivity index (χ0v) is 10.4. The largest absolute Gasteiger partial charge is 0.0892 e. The molecule has 0 aliphatic heterocycles. The molecular weight excluding hydrogens is 160 g/mol. The van der Waals surface area contributed by atoms with Crippen molar-refractivity contribution in [2.24, 2.45) is 0 Å². The average Bonchev–Trinajstić information content (AvgIpc) is 1.95. The number of rotatable bonds is 5. The third-order valence-electron chi connectivity index (χ3n) is 2.29. The van der Waals surface area contributed by atoms with Gasteiger partial charge in [-0.15, -0.1) is 0 Å². The van der Waals surface area contributed by atoms with E-state index in [0.717, 1.165) is 0 Å². The molecule has 0 spiro atoms. The Hall–Kier alpha value is -0.0431. The Balaban J connectivity index is 4.05. The lowest BCUT2D eigenvalue weighted by molar-refractivity contribution is 0.810. The molecule has 0 bridgehead atoms. The van der Waals surface area contributed by atoms with Crippen LogP contribution in [-0.2, 0) is 0 Å². The third kappa shape index (κ3) is 4.76. The molecule has 72 valence electrons. The van der Waals surface area contributed by atoms with E-state index in [1.54, 1.807) is 5.20 Å². The molecule has 0 amide bonds. The smallest absolute Gasteiger partial charge is 0.0720 e. The minimum absolute atomic E-state index is 0.976. The Morgan fingerprint density at radius 3 is 2.08 bits per heavy atom. The van der Waals surface area contributed by atoms with Gasteiger partial charge in [-0.25, -0.2) is 0 Å². The number of hydrogen-bond acceptors (Lipinski definition) is 0. The standard InChI is InChI=1S/C11H24Si/c1-6-8-9-10-11(7-2)12(3,4)5/h10H,6-9H2,1-5H3/b11-10+. The lowest BCUT2D eigenvalue weighted by Gasteiger charge is -2.19. The molecule has 0 rings (SSSR count). The fourth-order valence-electron chi connectivity index (χ4n) is 1.46. The van der Waals surface area contributed by atoms with Gasteiger partial charge in [0, 0.05) is 0 Å². The molecule has 0 aromatic heterocycles. The van der Waals surface area contributed by atoms with Gasteiger partial charge in [-0.2, -0.15) is 0 Å². The first kappa shape index (κ1) is 12.0. The summed E-state index contributed by atoms with van der Waals surface area (Å²) < 4.78 is 0. The molecule has 0 fully saturated rings. The van der Waals surface area contributed by atoms with Crippen LogP contribution in [0.5, 0.6) is 0 Å². The molecule has 0 saturated heterocycles. The van der Waals surface area contributed by atoms with Gasteiger partial charge in [-0.05, 0) is 12.8 Å². The molecule has 12 heavy (non-hydrogen) atoms. The van der Waals surface area contributed by atoms with Crippen LogP contribution in [0.15, 0.2) is 11.3 Å². The first-order valence-corrected chi connectivity index (χ1v) is 8.71. The Labute approximate surface area is 79.1 Å². The van der Waals surface area contributed by atoms with Gasteiger partial charge in [0.1, 0.15) is 0 Å². The van der Waals surface area contributed by atoms with Gasteiger partial charge in [0.15, 0.2) is 0 Å². The minimum atomic E-state index is -0.976. The second-order valence-electron chi connectivity index (χ2n) is 4.48. The summed E-state index contributed by atoms with van der Waals surface area (Å²) in [4.78, 5) is 0. The lowest BCUT2D eigenvalue weighted by atomic mass is 10.2. The number of unbranched alkanes of at least 4 members (excludes halogenated alkanes) is 2. The van der Waals surface area contributed by atoms with Gasteiger partial charge in [-0.1, -0.05) is 57.6 Å². The Morgan fingerprint density at radius 2 is 1.75 bits per heavy atom. The molecular formula is C11H24Si. The molecule has 0 radical (unpaired) electrons. The molecule has 0 N–H and O–H groups in total. The van der Waals surface area contributed by atoms with Crippen molar-refractivity contribution in [2.75, 3.05) is 0 Å². The van der Waals surface area contributed by atoms with E-state index in [0.29, 0.717) is 0 Å². The van der Waals surface area contributed by atoms with E-state index in [-0.39, 0.29) is 0 Å². The van der Waals surface area contributed by atoms with Crippen molar-refractivity contribution in [1.82, 2.24) is 0 Å². The third-order valence-corrected chi connectivity index (χ3v) is 4.78. The van der Waals surface area contributed by atoms with E-state index in [9.17, 15) is 0 Å². The molecule has 0 aromatic rings. The second-order valence-corrected chi connectivity index (χ2v) is 9.62. The predicted molar refractivity (Wildman–Crippen MR) is 61.2 cm³/mol. The van der Waals surface area contributed by atoms with Crippen LogP contribution in [0.25, 0.3) is 0 Å². The molecule has 0 atom stereocenters. The summed E-state index contributed by atoms with van der Waals surface area (Å²) >= 11 is 0. The summed E-state index contributed by atoms with van der Waals surface area (Å²) in [6, 6.07) is 0. The highest BCUT2D eigenvalue weighted by molar-refractivity contribution is 6.83. The summed E-state index contributed by atoms with van der Waals surface area (Å²) in [6.07, 6.45) is 7.73. The molecule has 0 saturated carbocycles. The van der Waals surface area contributed by atoms with E-state index in [2.05, 4.69) is 39.6 Å². The highest BCUT2D eigenvalue weighted by Gasteiger charge is 2.16. The topological polar surface area (TPSA) is 0 Å². The van der Waals surface area contributed by atoms with Gasteiger partial charge in [0.05, 0.1) is 8.07 Å². The second kappa shape index (κ2) is 5.58. The van der Waals surface area contributed by atoms with Crippen molar-refractivity contribution in [3.05, 3.63) is 11.3 Å². The van der Waals surface area contributed by atoms with Crippen molar-refractivity contribution >= 4 is 8.07 Å². The normalized spacial score (nSPS) is 13.6. The maximum Gasteiger partial charge on any atom is 0.0720 e. The zero-order chi connectivity index (χ0) is 9.61. The average molecular weight is 184 g/mol. The van der Waals surface area contributed by atoms with Crippen molar-refractivity contribution in [3.63, 3.8) is 0 Å². The van der Waals surface area contributed by atoms with E-state index in [1.807, 2.05) is 0 Å². The van der Waals surface area contributed by atoms with E-state index >= 15 is 0 Å². The number of allylic oxidation sites excluding steroid dienone is 2. The molecule has 1 heteroatoms. The quantitative estimate of drug-likeness (QED) is 0.439. The minimum Gasteiger partial charge on any atom is -0.0892 e.